The predicted octanol–water partition coefficient (Wildman–Crippen LogP) is 1.89. The maximum absolute atomic E-state index is 9.55. The molecule has 0 spiro atoms. The Balaban J connectivity index is 2.34. The molecule has 3 nitrogen and oxygen atoms in total. The Labute approximate surface area is 91.5 Å². The molecule has 0 aliphatic carbocycles. The molecule has 0 fully saturated rings. The maximum Gasteiger partial charge on any atom is 0.0603 e. The molecule has 1 aromatic rings. The summed E-state index contributed by atoms with van der Waals surface area (Å²) in [4.78, 5) is 4.07. The Morgan fingerprint density at radius 2 is 2.27 bits per heavy atom. The number of rotatable bonds is 5. The van der Waals surface area contributed by atoms with Gasteiger partial charge in [0.05, 0.1) is 5.60 Å². The summed E-state index contributed by atoms with van der Waals surface area (Å²) in [6.45, 7) is 6.55. The Morgan fingerprint density at radius 3 is 2.80 bits per heavy atom. The third-order valence-corrected chi connectivity index (χ3v) is 2.37. The largest absolute Gasteiger partial charge is 0.390 e. The molecule has 0 saturated carbocycles. The molecule has 1 rings (SSSR count). The summed E-state index contributed by atoms with van der Waals surface area (Å²) in [6.07, 6.45) is 4.38. The van der Waals surface area contributed by atoms with Crippen LogP contribution in [0.3, 0.4) is 0 Å². The zero-order valence-electron chi connectivity index (χ0n) is 9.70. The van der Waals surface area contributed by atoms with Crippen molar-refractivity contribution in [2.24, 2.45) is 0 Å². The highest BCUT2D eigenvalue weighted by Gasteiger charge is 2.12. The van der Waals surface area contributed by atoms with Crippen LogP contribution < -0.4 is 5.32 Å². The number of hydrogen-bond donors (Lipinski definition) is 2. The van der Waals surface area contributed by atoms with E-state index in [9.17, 15) is 5.11 Å². The third kappa shape index (κ3) is 4.91. The van der Waals surface area contributed by atoms with Crippen molar-refractivity contribution in [3.8, 4) is 0 Å². The quantitative estimate of drug-likeness (QED) is 0.776. The summed E-state index contributed by atoms with van der Waals surface area (Å²) < 4.78 is 0. The molecule has 1 aromatic heterocycles. The number of pyridine rings is 1. The molecule has 84 valence electrons. The fourth-order valence-electron chi connectivity index (χ4n) is 1.34. The summed E-state index contributed by atoms with van der Waals surface area (Å²) in [5.41, 5.74) is 0.579. The number of aromatic nitrogens is 1. The topological polar surface area (TPSA) is 45.1 Å². The number of hydrogen-bond acceptors (Lipinski definition) is 3. The van der Waals surface area contributed by atoms with Crippen LogP contribution >= 0.6 is 0 Å². The maximum atomic E-state index is 9.55. The first-order valence-corrected chi connectivity index (χ1v) is 5.35. The molecule has 2 N–H and O–H groups in total. The molecule has 15 heavy (non-hydrogen) atoms. The zero-order chi connectivity index (χ0) is 11.3. The first-order chi connectivity index (χ1) is 6.99. The van der Waals surface area contributed by atoms with Gasteiger partial charge in [-0.15, -0.1) is 0 Å². The molecule has 0 radical (unpaired) electrons. The van der Waals surface area contributed by atoms with E-state index in [2.05, 4.69) is 23.3 Å². The van der Waals surface area contributed by atoms with Crippen LogP contribution in [0.25, 0.3) is 0 Å². The van der Waals surface area contributed by atoms with Crippen molar-refractivity contribution in [2.75, 3.05) is 6.54 Å². The molecule has 0 amide bonds. The molecule has 0 aliphatic rings. The molecule has 1 atom stereocenters. The predicted molar refractivity (Wildman–Crippen MR) is 61.6 cm³/mol. The fraction of sp³-hybridized carbons (Fsp3) is 0.583. The van der Waals surface area contributed by atoms with Gasteiger partial charge in [-0.1, -0.05) is 6.07 Å². The van der Waals surface area contributed by atoms with Crippen molar-refractivity contribution in [1.82, 2.24) is 10.3 Å². The van der Waals surface area contributed by atoms with Gasteiger partial charge < -0.3 is 10.4 Å². The van der Waals surface area contributed by atoms with Gasteiger partial charge in [-0.3, -0.25) is 4.98 Å². The molecule has 0 unspecified atom stereocenters. The smallest absolute Gasteiger partial charge is 0.0603 e. The van der Waals surface area contributed by atoms with Crippen molar-refractivity contribution < 1.29 is 5.11 Å². The van der Waals surface area contributed by atoms with Gasteiger partial charge in [0.15, 0.2) is 0 Å². The minimum Gasteiger partial charge on any atom is -0.390 e. The monoisotopic (exact) mass is 208 g/mol. The normalized spacial score (nSPS) is 13.9. The summed E-state index contributed by atoms with van der Waals surface area (Å²) in [7, 11) is 0. The van der Waals surface area contributed by atoms with Gasteiger partial charge in [0.25, 0.3) is 0 Å². The van der Waals surface area contributed by atoms with Crippen molar-refractivity contribution in [3.05, 3.63) is 30.1 Å². The standard InChI is InChI=1S/C12H20N2O/c1-10(11-5-4-7-13-9-11)14-8-6-12(2,3)15/h4-5,7,9-10,14-15H,6,8H2,1-3H3/t10-/m0/s1. The van der Waals surface area contributed by atoms with Gasteiger partial charge >= 0.3 is 0 Å². The number of aliphatic hydroxyl groups is 1. The number of nitrogens with zero attached hydrogens (tertiary/aromatic N) is 1. The fourth-order valence-corrected chi connectivity index (χ4v) is 1.34. The van der Waals surface area contributed by atoms with Crippen LogP contribution in [0.5, 0.6) is 0 Å². The Morgan fingerprint density at radius 1 is 1.53 bits per heavy atom. The van der Waals surface area contributed by atoms with E-state index < -0.39 is 5.60 Å². The van der Waals surface area contributed by atoms with Gasteiger partial charge in [-0.2, -0.15) is 0 Å². The summed E-state index contributed by atoms with van der Waals surface area (Å²) in [5, 5.41) is 12.9. The van der Waals surface area contributed by atoms with E-state index in [1.165, 1.54) is 5.56 Å². The van der Waals surface area contributed by atoms with E-state index in [1.807, 2.05) is 26.1 Å². The molecule has 1 heterocycles. The molecule has 0 bridgehead atoms. The van der Waals surface area contributed by atoms with E-state index in [0.717, 1.165) is 13.0 Å². The lowest BCUT2D eigenvalue weighted by atomic mass is 10.1. The first kappa shape index (κ1) is 12.1. The van der Waals surface area contributed by atoms with Crippen LogP contribution in [0.4, 0.5) is 0 Å². The summed E-state index contributed by atoms with van der Waals surface area (Å²) >= 11 is 0. The van der Waals surface area contributed by atoms with Crippen molar-refractivity contribution in [3.63, 3.8) is 0 Å². The molecular weight excluding hydrogens is 188 g/mol. The van der Waals surface area contributed by atoms with E-state index in [4.69, 9.17) is 0 Å². The van der Waals surface area contributed by atoms with Gasteiger partial charge in [-0.25, -0.2) is 0 Å². The Bertz CT molecular complexity index is 279. The third-order valence-electron chi connectivity index (χ3n) is 2.37. The van der Waals surface area contributed by atoms with Crippen LogP contribution in [0, 0.1) is 0 Å². The molecule has 0 saturated heterocycles. The van der Waals surface area contributed by atoms with E-state index in [1.54, 1.807) is 6.20 Å². The second kappa shape index (κ2) is 5.24. The van der Waals surface area contributed by atoms with Crippen LogP contribution in [-0.2, 0) is 0 Å². The van der Waals surface area contributed by atoms with E-state index in [-0.39, 0.29) is 6.04 Å². The van der Waals surface area contributed by atoms with Crippen LogP contribution in [0.15, 0.2) is 24.5 Å². The zero-order valence-corrected chi connectivity index (χ0v) is 9.70. The lowest BCUT2D eigenvalue weighted by Crippen LogP contribution is -2.28. The summed E-state index contributed by atoms with van der Waals surface area (Å²) in [5.74, 6) is 0. The van der Waals surface area contributed by atoms with Gasteiger partial charge in [0.2, 0.25) is 0 Å². The highest BCUT2D eigenvalue weighted by atomic mass is 16.3. The van der Waals surface area contributed by atoms with Gasteiger partial charge in [-0.05, 0) is 45.4 Å². The highest BCUT2D eigenvalue weighted by Crippen LogP contribution is 2.11. The van der Waals surface area contributed by atoms with Crippen LogP contribution in [0.2, 0.25) is 0 Å². The molecule has 0 aromatic carbocycles. The Kier molecular flexibility index (Phi) is 4.24. The number of nitrogens with one attached hydrogen (secondary N) is 1. The minimum atomic E-state index is -0.596. The van der Waals surface area contributed by atoms with Gasteiger partial charge in [0.1, 0.15) is 0 Å². The second-order valence-electron chi connectivity index (χ2n) is 4.52. The Hall–Kier alpha value is -0.930. The van der Waals surface area contributed by atoms with E-state index >= 15 is 0 Å². The molecular formula is C12H20N2O. The molecule has 0 aliphatic heterocycles. The van der Waals surface area contributed by atoms with Crippen molar-refractivity contribution in [2.45, 2.75) is 38.8 Å². The lowest BCUT2D eigenvalue weighted by molar-refractivity contribution is 0.0705. The average molecular weight is 208 g/mol. The van der Waals surface area contributed by atoms with Crippen molar-refractivity contribution >= 4 is 0 Å². The summed E-state index contributed by atoms with van der Waals surface area (Å²) in [6, 6.07) is 4.26. The van der Waals surface area contributed by atoms with Gasteiger partial charge in [0, 0.05) is 18.4 Å². The van der Waals surface area contributed by atoms with Crippen molar-refractivity contribution in [1.29, 1.82) is 0 Å². The lowest BCUT2D eigenvalue weighted by Gasteiger charge is -2.19. The first-order valence-electron chi connectivity index (χ1n) is 5.35. The average Bonchev–Trinajstić information content (AvgIpc) is 2.17. The van der Waals surface area contributed by atoms with E-state index in [0.29, 0.717) is 0 Å². The second-order valence-corrected chi connectivity index (χ2v) is 4.52. The minimum absolute atomic E-state index is 0.279. The molecule has 3 heteroatoms. The van der Waals surface area contributed by atoms with Crippen LogP contribution in [-0.4, -0.2) is 22.2 Å². The highest BCUT2D eigenvalue weighted by molar-refractivity contribution is 5.12. The SMILES string of the molecule is C[C@H](NCCC(C)(C)O)c1cccnc1. The van der Waals surface area contributed by atoms with Crippen LogP contribution in [0.1, 0.15) is 38.8 Å².